The molecule has 0 bridgehead atoms. The van der Waals surface area contributed by atoms with Gasteiger partial charge in [-0.15, -0.1) is 0 Å². The van der Waals surface area contributed by atoms with Crippen LogP contribution in [0.5, 0.6) is 0 Å². The standard InChI is InChI=1S/C9H13BrN2.2C2H6/c1-2-4-7(11)8-5-3-6-9(10)12-8;2*1-2/h3,5-7H,2,4,11H2,1H3;2*1-2H3. The average Bonchev–Trinajstić information content (AvgIpc) is 2.34. The van der Waals surface area contributed by atoms with Crippen molar-refractivity contribution in [3.63, 3.8) is 0 Å². The molecule has 1 atom stereocenters. The van der Waals surface area contributed by atoms with Gasteiger partial charge in [0.1, 0.15) is 4.60 Å². The number of nitrogens with two attached hydrogens (primary N) is 1. The van der Waals surface area contributed by atoms with Gasteiger partial charge in [0, 0.05) is 6.04 Å². The minimum atomic E-state index is 0.0764. The van der Waals surface area contributed by atoms with Gasteiger partial charge in [-0.05, 0) is 34.5 Å². The van der Waals surface area contributed by atoms with Crippen molar-refractivity contribution in [2.75, 3.05) is 0 Å². The van der Waals surface area contributed by atoms with Crippen molar-refractivity contribution >= 4 is 15.9 Å². The van der Waals surface area contributed by atoms with E-state index in [4.69, 9.17) is 5.73 Å². The number of nitrogens with zero attached hydrogens (tertiary/aromatic N) is 1. The Morgan fingerprint density at radius 2 is 1.81 bits per heavy atom. The second-order valence-electron chi connectivity index (χ2n) is 2.78. The number of pyridine rings is 1. The summed E-state index contributed by atoms with van der Waals surface area (Å²) in [6.07, 6.45) is 2.08. The molecular formula is C13H25BrN2. The van der Waals surface area contributed by atoms with Crippen molar-refractivity contribution in [2.45, 2.75) is 53.5 Å². The Balaban J connectivity index is 0. The lowest BCUT2D eigenvalue weighted by Gasteiger charge is -2.08. The molecule has 1 aromatic heterocycles. The van der Waals surface area contributed by atoms with Crippen molar-refractivity contribution in [1.29, 1.82) is 0 Å². The monoisotopic (exact) mass is 288 g/mol. The third kappa shape index (κ3) is 7.83. The molecule has 0 saturated carbocycles. The van der Waals surface area contributed by atoms with E-state index in [9.17, 15) is 0 Å². The summed E-state index contributed by atoms with van der Waals surface area (Å²) in [5.41, 5.74) is 6.86. The van der Waals surface area contributed by atoms with Gasteiger partial charge in [0.25, 0.3) is 0 Å². The van der Waals surface area contributed by atoms with Crippen LogP contribution in [0.2, 0.25) is 0 Å². The van der Waals surface area contributed by atoms with Gasteiger partial charge in [-0.2, -0.15) is 0 Å². The largest absolute Gasteiger partial charge is 0.323 e. The lowest BCUT2D eigenvalue weighted by Crippen LogP contribution is -2.11. The van der Waals surface area contributed by atoms with E-state index in [0.29, 0.717) is 0 Å². The maximum Gasteiger partial charge on any atom is 0.106 e. The van der Waals surface area contributed by atoms with Crippen LogP contribution in [0.1, 0.15) is 59.2 Å². The number of rotatable bonds is 3. The summed E-state index contributed by atoms with van der Waals surface area (Å²) in [5.74, 6) is 0. The molecule has 1 heterocycles. The summed E-state index contributed by atoms with van der Waals surface area (Å²) >= 11 is 3.31. The van der Waals surface area contributed by atoms with Crippen LogP contribution in [0.25, 0.3) is 0 Å². The Hall–Kier alpha value is -0.410. The van der Waals surface area contributed by atoms with Gasteiger partial charge in [0.05, 0.1) is 5.69 Å². The first-order chi connectivity index (χ1) is 7.74. The molecule has 0 saturated heterocycles. The second-order valence-corrected chi connectivity index (χ2v) is 3.59. The van der Waals surface area contributed by atoms with Crippen LogP contribution in [-0.2, 0) is 0 Å². The maximum absolute atomic E-state index is 5.89. The van der Waals surface area contributed by atoms with Crippen molar-refractivity contribution in [3.05, 3.63) is 28.5 Å². The summed E-state index contributed by atoms with van der Waals surface area (Å²) in [5, 5.41) is 0. The normalized spacial score (nSPS) is 10.4. The van der Waals surface area contributed by atoms with E-state index in [-0.39, 0.29) is 6.04 Å². The predicted octanol–water partition coefficient (Wildman–Crippen LogP) is 4.70. The Morgan fingerprint density at radius 3 is 2.25 bits per heavy atom. The quantitative estimate of drug-likeness (QED) is 0.819. The van der Waals surface area contributed by atoms with E-state index >= 15 is 0 Å². The molecule has 0 spiro atoms. The van der Waals surface area contributed by atoms with E-state index in [2.05, 4.69) is 27.8 Å². The van der Waals surface area contributed by atoms with Gasteiger partial charge >= 0.3 is 0 Å². The first-order valence-corrected chi connectivity index (χ1v) is 6.91. The van der Waals surface area contributed by atoms with Crippen molar-refractivity contribution in [2.24, 2.45) is 5.73 Å². The summed E-state index contributed by atoms with van der Waals surface area (Å²) in [4.78, 5) is 4.28. The van der Waals surface area contributed by atoms with Crippen LogP contribution in [0, 0.1) is 0 Å². The highest BCUT2D eigenvalue weighted by molar-refractivity contribution is 9.10. The van der Waals surface area contributed by atoms with Gasteiger partial charge in [-0.25, -0.2) is 4.98 Å². The molecule has 0 aliphatic heterocycles. The van der Waals surface area contributed by atoms with E-state index < -0.39 is 0 Å². The molecule has 0 aliphatic carbocycles. The first-order valence-electron chi connectivity index (χ1n) is 6.12. The van der Waals surface area contributed by atoms with E-state index in [1.165, 1.54) is 0 Å². The Bertz CT molecular complexity index is 251. The van der Waals surface area contributed by atoms with E-state index in [0.717, 1.165) is 23.1 Å². The fraction of sp³-hybridized carbons (Fsp3) is 0.615. The average molecular weight is 289 g/mol. The van der Waals surface area contributed by atoms with E-state index in [1.54, 1.807) is 0 Å². The molecule has 0 radical (unpaired) electrons. The van der Waals surface area contributed by atoms with Crippen molar-refractivity contribution in [1.82, 2.24) is 4.98 Å². The summed E-state index contributed by atoms with van der Waals surface area (Å²) in [7, 11) is 0. The molecular weight excluding hydrogens is 264 g/mol. The maximum atomic E-state index is 5.89. The molecule has 2 nitrogen and oxygen atoms in total. The molecule has 1 rings (SSSR count). The molecule has 1 unspecified atom stereocenters. The summed E-state index contributed by atoms with van der Waals surface area (Å²) in [6.45, 7) is 10.1. The zero-order valence-corrected chi connectivity index (χ0v) is 12.7. The lowest BCUT2D eigenvalue weighted by molar-refractivity contribution is 0.620. The van der Waals surface area contributed by atoms with Crippen molar-refractivity contribution < 1.29 is 0 Å². The summed E-state index contributed by atoms with van der Waals surface area (Å²) < 4.78 is 0.853. The minimum absolute atomic E-state index is 0.0764. The molecule has 16 heavy (non-hydrogen) atoms. The number of aromatic nitrogens is 1. The molecule has 0 amide bonds. The number of halogens is 1. The van der Waals surface area contributed by atoms with Crippen LogP contribution in [-0.4, -0.2) is 4.98 Å². The van der Waals surface area contributed by atoms with Gasteiger partial charge < -0.3 is 5.73 Å². The number of hydrogen-bond acceptors (Lipinski definition) is 2. The Kier molecular flexibility index (Phi) is 14.2. The second kappa shape index (κ2) is 12.7. The summed E-state index contributed by atoms with van der Waals surface area (Å²) in [6, 6.07) is 5.90. The smallest absolute Gasteiger partial charge is 0.106 e. The molecule has 94 valence electrons. The molecule has 0 fully saturated rings. The Labute approximate surface area is 109 Å². The molecule has 3 heteroatoms. The SMILES string of the molecule is CC.CC.CCCC(N)c1cccc(Br)n1. The minimum Gasteiger partial charge on any atom is -0.323 e. The van der Waals surface area contributed by atoms with E-state index in [1.807, 2.05) is 45.9 Å². The van der Waals surface area contributed by atoms with Gasteiger partial charge in [0.15, 0.2) is 0 Å². The van der Waals surface area contributed by atoms with Crippen LogP contribution in [0.15, 0.2) is 22.8 Å². The zero-order valence-electron chi connectivity index (χ0n) is 11.1. The topological polar surface area (TPSA) is 38.9 Å². The fourth-order valence-electron chi connectivity index (χ4n) is 1.09. The highest BCUT2D eigenvalue weighted by atomic mass is 79.9. The van der Waals surface area contributed by atoms with Crippen LogP contribution < -0.4 is 5.73 Å². The van der Waals surface area contributed by atoms with Crippen LogP contribution in [0.4, 0.5) is 0 Å². The first kappa shape index (κ1) is 18.0. The molecule has 0 aliphatic rings. The molecule has 2 N–H and O–H groups in total. The number of hydrogen-bond donors (Lipinski definition) is 1. The van der Waals surface area contributed by atoms with Gasteiger partial charge in [0.2, 0.25) is 0 Å². The highest BCUT2D eigenvalue weighted by Crippen LogP contribution is 2.15. The highest BCUT2D eigenvalue weighted by Gasteiger charge is 2.05. The molecule has 1 aromatic rings. The molecule has 0 aromatic carbocycles. The van der Waals surface area contributed by atoms with Crippen molar-refractivity contribution in [3.8, 4) is 0 Å². The van der Waals surface area contributed by atoms with Crippen LogP contribution in [0.3, 0.4) is 0 Å². The van der Waals surface area contributed by atoms with Gasteiger partial charge in [-0.3, -0.25) is 0 Å². The third-order valence-corrected chi connectivity index (χ3v) is 2.16. The zero-order chi connectivity index (χ0) is 13.0. The predicted molar refractivity (Wildman–Crippen MR) is 76.5 cm³/mol. The van der Waals surface area contributed by atoms with Gasteiger partial charge in [-0.1, -0.05) is 47.1 Å². The fourth-order valence-corrected chi connectivity index (χ4v) is 1.45. The van der Waals surface area contributed by atoms with Crippen LogP contribution >= 0.6 is 15.9 Å². The lowest BCUT2D eigenvalue weighted by atomic mass is 10.1. The Morgan fingerprint density at radius 1 is 1.25 bits per heavy atom. The third-order valence-electron chi connectivity index (χ3n) is 1.72.